The molecule has 4 heteroatoms. The van der Waals surface area contributed by atoms with E-state index in [-0.39, 0.29) is 0 Å². The zero-order valence-corrected chi connectivity index (χ0v) is 13.5. The number of fused-ring (bicyclic) bond motifs is 1. The van der Waals surface area contributed by atoms with Crippen molar-refractivity contribution in [2.45, 2.75) is 53.0 Å². The van der Waals surface area contributed by atoms with Crippen molar-refractivity contribution >= 4 is 22.8 Å². The molecule has 3 nitrogen and oxygen atoms in total. The van der Waals surface area contributed by atoms with Gasteiger partial charge in [0.15, 0.2) is 5.65 Å². The quantitative estimate of drug-likeness (QED) is 0.561. The molecule has 0 unspecified atom stereocenters. The SMILES string of the molecule is Cc1ccc2nc(CCCl)n(CCCCC(C)C)c2n1. The first-order valence-corrected chi connectivity index (χ1v) is 8.04. The average molecular weight is 294 g/mol. The highest BCUT2D eigenvalue weighted by atomic mass is 35.5. The van der Waals surface area contributed by atoms with Crippen molar-refractivity contribution in [2.75, 3.05) is 5.88 Å². The Hall–Kier alpha value is -1.09. The van der Waals surface area contributed by atoms with E-state index in [4.69, 9.17) is 11.6 Å². The molecule has 0 aliphatic rings. The number of aryl methyl sites for hydroxylation is 3. The van der Waals surface area contributed by atoms with Gasteiger partial charge in [0.1, 0.15) is 11.3 Å². The second kappa shape index (κ2) is 7.07. The van der Waals surface area contributed by atoms with Crippen LogP contribution in [0.1, 0.15) is 44.6 Å². The topological polar surface area (TPSA) is 30.7 Å². The Morgan fingerprint density at radius 1 is 1.20 bits per heavy atom. The molecule has 2 aromatic heterocycles. The van der Waals surface area contributed by atoms with E-state index in [1.165, 1.54) is 19.3 Å². The number of nitrogens with zero attached hydrogens (tertiary/aromatic N) is 3. The zero-order valence-electron chi connectivity index (χ0n) is 12.7. The van der Waals surface area contributed by atoms with Gasteiger partial charge in [0, 0.05) is 24.5 Å². The third-order valence-corrected chi connectivity index (χ3v) is 3.73. The Bertz CT molecular complexity index is 560. The number of alkyl halides is 1. The van der Waals surface area contributed by atoms with E-state index >= 15 is 0 Å². The second-order valence-electron chi connectivity index (χ2n) is 5.80. The molecule has 0 saturated heterocycles. The molecule has 0 aliphatic carbocycles. The van der Waals surface area contributed by atoms with E-state index in [0.29, 0.717) is 5.88 Å². The van der Waals surface area contributed by atoms with Gasteiger partial charge in [-0.05, 0) is 31.4 Å². The summed E-state index contributed by atoms with van der Waals surface area (Å²) in [4.78, 5) is 9.32. The molecule has 0 fully saturated rings. The van der Waals surface area contributed by atoms with Gasteiger partial charge in [0.05, 0.1) is 0 Å². The molecule has 110 valence electrons. The Kier molecular flexibility index (Phi) is 5.41. The van der Waals surface area contributed by atoms with Crippen LogP contribution in [0.25, 0.3) is 11.2 Å². The second-order valence-corrected chi connectivity index (χ2v) is 6.18. The summed E-state index contributed by atoms with van der Waals surface area (Å²) in [5.74, 6) is 2.45. The summed E-state index contributed by atoms with van der Waals surface area (Å²) in [5, 5.41) is 0. The van der Waals surface area contributed by atoms with E-state index in [9.17, 15) is 0 Å². The fourth-order valence-corrected chi connectivity index (χ4v) is 2.65. The third kappa shape index (κ3) is 3.72. The van der Waals surface area contributed by atoms with Crippen molar-refractivity contribution in [2.24, 2.45) is 5.92 Å². The van der Waals surface area contributed by atoms with Gasteiger partial charge in [0.25, 0.3) is 0 Å². The predicted octanol–water partition coefficient (Wildman–Crippen LogP) is 4.35. The van der Waals surface area contributed by atoms with Crippen molar-refractivity contribution in [1.82, 2.24) is 14.5 Å². The van der Waals surface area contributed by atoms with Crippen LogP contribution in [0.5, 0.6) is 0 Å². The maximum Gasteiger partial charge on any atom is 0.160 e. The largest absolute Gasteiger partial charge is 0.313 e. The fraction of sp³-hybridized carbons (Fsp3) is 0.625. The first-order chi connectivity index (χ1) is 9.61. The smallest absolute Gasteiger partial charge is 0.160 e. The van der Waals surface area contributed by atoms with Crippen LogP contribution < -0.4 is 0 Å². The van der Waals surface area contributed by atoms with Gasteiger partial charge in [-0.1, -0.05) is 26.7 Å². The Labute approximate surface area is 126 Å². The van der Waals surface area contributed by atoms with Crippen LogP contribution in [0.15, 0.2) is 12.1 Å². The lowest BCUT2D eigenvalue weighted by atomic mass is 10.1. The number of aromatic nitrogens is 3. The number of rotatable bonds is 7. The normalized spacial score (nSPS) is 11.7. The monoisotopic (exact) mass is 293 g/mol. The van der Waals surface area contributed by atoms with Gasteiger partial charge in [-0.25, -0.2) is 9.97 Å². The Balaban J connectivity index is 2.19. The fourth-order valence-electron chi connectivity index (χ4n) is 2.48. The van der Waals surface area contributed by atoms with Gasteiger partial charge < -0.3 is 4.57 Å². The molecule has 2 rings (SSSR count). The summed E-state index contributed by atoms with van der Waals surface area (Å²) in [5.41, 5.74) is 3.03. The van der Waals surface area contributed by atoms with Gasteiger partial charge in [0.2, 0.25) is 0 Å². The molecule has 2 heterocycles. The third-order valence-electron chi connectivity index (χ3n) is 3.54. The van der Waals surface area contributed by atoms with Crippen molar-refractivity contribution < 1.29 is 0 Å². The van der Waals surface area contributed by atoms with Crippen molar-refractivity contribution in [1.29, 1.82) is 0 Å². The number of imidazole rings is 1. The molecule has 0 bridgehead atoms. The van der Waals surface area contributed by atoms with Crippen molar-refractivity contribution in [3.8, 4) is 0 Å². The van der Waals surface area contributed by atoms with E-state index in [1.807, 2.05) is 13.0 Å². The van der Waals surface area contributed by atoms with Crippen LogP contribution in [0, 0.1) is 12.8 Å². The summed E-state index contributed by atoms with van der Waals surface area (Å²) in [7, 11) is 0. The molecule has 0 atom stereocenters. The number of halogens is 1. The molecule has 0 spiro atoms. The maximum atomic E-state index is 5.90. The lowest BCUT2D eigenvalue weighted by molar-refractivity contribution is 0.507. The van der Waals surface area contributed by atoms with E-state index in [2.05, 4.69) is 34.4 Å². The van der Waals surface area contributed by atoms with Gasteiger partial charge in [-0.15, -0.1) is 11.6 Å². The van der Waals surface area contributed by atoms with Gasteiger partial charge in [-0.3, -0.25) is 0 Å². The molecule has 20 heavy (non-hydrogen) atoms. The number of hydrogen-bond donors (Lipinski definition) is 0. The van der Waals surface area contributed by atoms with Crippen LogP contribution in [0.4, 0.5) is 0 Å². The first kappa shape index (κ1) is 15.3. The van der Waals surface area contributed by atoms with Gasteiger partial charge in [-0.2, -0.15) is 0 Å². The number of unbranched alkanes of at least 4 members (excludes halogenated alkanes) is 1. The maximum absolute atomic E-state index is 5.90. The number of hydrogen-bond acceptors (Lipinski definition) is 2. The van der Waals surface area contributed by atoms with Crippen molar-refractivity contribution in [3.63, 3.8) is 0 Å². The molecule has 0 saturated carbocycles. The Morgan fingerprint density at radius 2 is 2.00 bits per heavy atom. The predicted molar refractivity (Wildman–Crippen MR) is 85.4 cm³/mol. The van der Waals surface area contributed by atoms with Crippen LogP contribution in [-0.4, -0.2) is 20.4 Å². The molecule has 2 aromatic rings. The minimum absolute atomic E-state index is 0.605. The molecular formula is C16H24ClN3. The minimum atomic E-state index is 0.605. The number of pyridine rings is 1. The summed E-state index contributed by atoms with van der Waals surface area (Å²) >= 11 is 5.90. The highest BCUT2D eigenvalue weighted by Crippen LogP contribution is 2.17. The highest BCUT2D eigenvalue weighted by molar-refractivity contribution is 6.17. The summed E-state index contributed by atoms with van der Waals surface area (Å²) in [6.07, 6.45) is 4.52. The lowest BCUT2D eigenvalue weighted by Crippen LogP contribution is -2.06. The standard InChI is InChI=1S/C16H24ClN3/c1-12(2)6-4-5-11-20-15(9-10-17)19-14-8-7-13(3)18-16(14)20/h7-8,12H,4-6,9-11H2,1-3H3. The zero-order chi connectivity index (χ0) is 14.5. The van der Waals surface area contributed by atoms with Crippen LogP contribution in [0.3, 0.4) is 0 Å². The lowest BCUT2D eigenvalue weighted by Gasteiger charge is -2.09. The molecule has 0 N–H and O–H groups in total. The van der Waals surface area contributed by atoms with Crippen molar-refractivity contribution in [3.05, 3.63) is 23.7 Å². The molecular weight excluding hydrogens is 270 g/mol. The van der Waals surface area contributed by atoms with E-state index < -0.39 is 0 Å². The summed E-state index contributed by atoms with van der Waals surface area (Å²) in [6, 6.07) is 4.07. The molecule has 0 radical (unpaired) electrons. The van der Waals surface area contributed by atoms with Gasteiger partial charge >= 0.3 is 0 Å². The molecule has 0 aromatic carbocycles. The van der Waals surface area contributed by atoms with E-state index in [1.54, 1.807) is 0 Å². The van der Waals surface area contributed by atoms with E-state index in [0.717, 1.165) is 41.6 Å². The minimum Gasteiger partial charge on any atom is -0.313 e. The molecule has 0 aliphatic heterocycles. The van der Waals surface area contributed by atoms with Crippen LogP contribution >= 0.6 is 11.6 Å². The summed E-state index contributed by atoms with van der Waals surface area (Å²) < 4.78 is 2.26. The first-order valence-electron chi connectivity index (χ1n) is 7.50. The van der Waals surface area contributed by atoms with Crippen LogP contribution in [0.2, 0.25) is 0 Å². The van der Waals surface area contributed by atoms with Crippen LogP contribution in [-0.2, 0) is 13.0 Å². The highest BCUT2D eigenvalue weighted by Gasteiger charge is 2.11. The average Bonchev–Trinajstić information content (AvgIpc) is 2.72. The Morgan fingerprint density at radius 3 is 2.70 bits per heavy atom. The molecule has 0 amide bonds. The summed E-state index contributed by atoms with van der Waals surface area (Å²) in [6.45, 7) is 7.57.